The van der Waals surface area contributed by atoms with Gasteiger partial charge in [0.1, 0.15) is 5.82 Å². The van der Waals surface area contributed by atoms with Crippen molar-refractivity contribution in [1.82, 2.24) is 10.6 Å². The second-order valence-corrected chi connectivity index (χ2v) is 4.93. The Labute approximate surface area is 108 Å². The van der Waals surface area contributed by atoms with E-state index in [1.54, 1.807) is 13.0 Å². The van der Waals surface area contributed by atoms with Crippen molar-refractivity contribution >= 4 is 11.6 Å². The fourth-order valence-electron chi connectivity index (χ4n) is 1.65. The Hall–Kier alpha value is -0.640. The molecule has 0 saturated heterocycles. The number of hydrogen-bond acceptors (Lipinski definition) is 2. The van der Waals surface area contributed by atoms with Gasteiger partial charge in [-0.25, -0.2) is 4.39 Å². The maximum absolute atomic E-state index is 13.5. The van der Waals surface area contributed by atoms with Gasteiger partial charge >= 0.3 is 0 Å². The summed E-state index contributed by atoms with van der Waals surface area (Å²) in [4.78, 5) is 0. The van der Waals surface area contributed by atoms with Crippen LogP contribution in [0.15, 0.2) is 12.1 Å². The van der Waals surface area contributed by atoms with Crippen molar-refractivity contribution in [2.24, 2.45) is 0 Å². The fraction of sp³-hybridized carbons (Fsp3) is 0.538. The molecule has 0 aliphatic carbocycles. The highest BCUT2D eigenvalue weighted by atomic mass is 35.5. The first kappa shape index (κ1) is 14.4. The molecule has 1 aromatic rings. The summed E-state index contributed by atoms with van der Waals surface area (Å²) in [5.74, 6) is -0.214. The van der Waals surface area contributed by atoms with Crippen LogP contribution in [0.2, 0.25) is 5.02 Å². The lowest BCUT2D eigenvalue weighted by atomic mass is 10.0. The van der Waals surface area contributed by atoms with E-state index in [-0.39, 0.29) is 11.9 Å². The van der Waals surface area contributed by atoms with Crippen LogP contribution in [0.4, 0.5) is 4.39 Å². The maximum atomic E-state index is 13.5. The molecule has 2 N–H and O–H groups in total. The Balaban J connectivity index is 2.91. The average molecular weight is 259 g/mol. The number of aryl methyl sites for hydroxylation is 1. The van der Waals surface area contributed by atoms with Gasteiger partial charge in [0.2, 0.25) is 0 Å². The summed E-state index contributed by atoms with van der Waals surface area (Å²) < 4.78 is 13.5. The van der Waals surface area contributed by atoms with Crippen molar-refractivity contribution < 1.29 is 4.39 Å². The smallest absolute Gasteiger partial charge is 0.126 e. The van der Waals surface area contributed by atoms with Crippen LogP contribution in [0.5, 0.6) is 0 Å². The number of benzene rings is 1. The molecule has 0 radical (unpaired) electrons. The molecule has 0 bridgehead atoms. The van der Waals surface area contributed by atoms with Crippen LogP contribution < -0.4 is 10.6 Å². The summed E-state index contributed by atoms with van der Waals surface area (Å²) in [7, 11) is 1.85. The van der Waals surface area contributed by atoms with Crippen LogP contribution in [0.3, 0.4) is 0 Å². The van der Waals surface area contributed by atoms with Crippen molar-refractivity contribution in [3.05, 3.63) is 34.1 Å². The molecule has 1 unspecified atom stereocenters. The van der Waals surface area contributed by atoms with Crippen molar-refractivity contribution in [1.29, 1.82) is 0 Å². The summed E-state index contributed by atoms with van der Waals surface area (Å²) >= 11 is 6.16. The van der Waals surface area contributed by atoms with Crippen molar-refractivity contribution in [2.75, 3.05) is 13.6 Å². The van der Waals surface area contributed by atoms with Gasteiger partial charge in [-0.2, -0.15) is 0 Å². The molecule has 1 rings (SSSR count). The first-order valence-corrected chi connectivity index (χ1v) is 6.19. The van der Waals surface area contributed by atoms with E-state index >= 15 is 0 Å². The third-order valence-electron chi connectivity index (χ3n) is 2.73. The summed E-state index contributed by atoms with van der Waals surface area (Å²) in [5, 5.41) is 7.07. The lowest BCUT2D eigenvalue weighted by Gasteiger charge is -2.20. The van der Waals surface area contributed by atoms with Gasteiger partial charge in [-0.15, -0.1) is 0 Å². The van der Waals surface area contributed by atoms with Gasteiger partial charge in [0.05, 0.1) is 0 Å². The molecule has 0 aromatic heterocycles. The normalized spacial score (nSPS) is 13.1. The van der Waals surface area contributed by atoms with Gasteiger partial charge in [0.15, 0.2) is 0 Å². The fourth-order valence-corrected chi connectivity index (χ4v) is 2.00. The molecule has 0 fully saturated rings. The predicted molar refractivity (Wildman–Crippen MR) is 71.1 cm³/mol. The molecule has 1 atom stereocenters. The second kappa shape index (κ2) is 6.34. The predicted octanol–water partition coefficient (Wildman–Crippen LogP) is 3.05. The lowest BCUT2D eigenvalue weighted by molar-refractivity contribution is 0.489. The zero-order valence-electron chi connectivity index (χ0n) is 10.8. The highest BCUT2D eigenvalue weighted by Crippen LogP contribution is 2.25. The van der Waals surface area contributed by atoms with E-state index in [0.717, 1.165) is 12.1 Å². The van der Waals surface area contributed by atoms with E-state index in [1.807, 2.05) is 7.05 Å². The minimum Gasteiger partial charge on any atom is -0.313 e. The zero-order valence-corrected chi connectivity index (χ0v) is 11.5. The number of nitrogens with one attached hydrogen (secondary N) is 2. The Morgan fingerprint density at radius 3 is 2.53 bits per heavy atom. The summed E-state index contributed by atoms with van der Waals surface area (Å²) in [5.41, 5.74) is 1.37. The Kier molecular flexibility index (Phi) is 5.37. The third kappa shape index (κ3) is 3.95. The molecule has 0 saturated carbocycles. The molecule has 0 amide bonds. The molecule has 4 heteroatoms. The molecule has 96 valence electrons. The summed E-state index contributed by atoms with van der Waals surface area (Å²) in [6.45, 7) is 6.58. The standard InChI is InChI=1S/C13H20ClFN2/c1-8(2)17-7-13(16-4)10-6-12(15)9(3)5-11(10)14/h5-6,8,13,16-17H,7H2,1-4H3. The SMILES string of the molecule is CNC(CNC(C)C)c1cc(F)c(C)cc1Cl. The highest BCUT2D eigenvalue weighted by molar-refractivity contribution is 6.31. The van der Waals surface area contributed by atoms with Crippen LogP contribution in [0.1, 0.15) is 31.0 Å². The number of rotatable bonds is 5. The Morgan fingerprint density at radius 1 is 1.35 bits per heavy atom. The molecule has 0 spiro atoms. The van der Waals surface area contributed by atoms with Crippen LogP contribution in [0, 0.1) is 12.7 Å². The monoisotopic (exact) mass is 258 g/mol. The molecule has 1 aromatic carbocycles. The van der Waals surface area contributed by atoms with Crippen LogP contribution in [0.25, 0.3) is 0 Å². The van der Waals surface area contributed by atoms with E-state index in [2.05, 4.69) is 24.5 Å². The molecule has 0 heterocycles. The second-order valence-electron chi connectivity index (χ2n) is 4.53. The van der Waals surface area contributed by atoms with Gasteiger partial charge in [0, 0.05) is 23.7 Å². The van der Waals surface area contributed by atoms with Crippen LogP contribution in [-0.4, -0.2) is 19.6 Å². The maximum Gasteiger partial charge on any atom is 0.126 e. The van der Waals surface area contributed by atoms with Crippen molar-refractivity contribution in [3.63, 3.8) is 0 Å². The molecule has 17 heavy (non-hydrogen) atoms. The van der Waals surface area contributed by atoms with Gasteiger partial charge in [-0.05, 0) is 37.2 Å². The van der Waals surface area contributed by atoms with Gasteiger partial charge in [0.25, 0.3) is 0 Å². The average Bonchev–Trinajstić information content (AvgIpc) is 2.25. The van der Waals surface area contributed by atoms with Gasteiger partial charge in [-0.3, -0.25) is 0 Å². The molecule has 0 aliphatic rings. The van der Waals surface area contributed by atoms with Crippen LogP contribution >= 0.6 is 11.6 Å². The summed E-state index contributed by atoms with van der Waals surface area (Å²) in [6.07, 6.45) is 0. The minimum atomic E-state index is -0.214. The van der Waals surface area contributed by atoms with E-state index in [0.29, 0.717) is 16.6 Å². The van der Waals surface area contributed by atoms with Gasteiger partial charge < -0.3 is 10.6 Å². The van der Waals surface area contributed by atoms with E-state index < -0.39 is 0 Å². The van der Waals surface area contributed by atoms with Crippen molar-refractivity contribution in [2.45, 2.75) is 32.9 Å². The molecule has 2 nitrogen and oxygen atoms in total. The highest BCUT2D eigenvalue weighted by Gasteiger charge is 2.15. The van der Waals surface area contributed by atoms with Crippen molar-refractivity contribution in [3.8, 4) is 0 Å². The first-order chi connectivity index (χ1) is 7.95. The molecular weight excluding hydrogens is 239 g/mol. The minimum absolute atomic E-state index is 0.0139. The number of halogens is 2. The topological polar surface area (TPSA) is 24.1 Å². The zero-order chi connectivity index (χ0) is 13.0. The van der Waals surface area contributed by atoms with E-state index in [4.69, 9.17) is 11.6 Å². The molecule has 0 aliphatic heterocycles. The number of hydrogen-bond donors (Lipinski definition) is 2. The van der Waals surface area contributed by atoms with E-state index in [9.17, 15) is 4.39 Å². The molecular formula is C13H20ClFN2. The lowest BCUT2D eigenvalue weighted by Crippen LogP contribution is -2.33. The van der Waals surface area contributed by atoms with Gasteiger partial charge in [-0.1, -0.05) is 25.4 Å². The van der Waals surface area contributed by atoms with Crippen LogP contribution in [-0.2, 0) is 0 Å². The largest absolute Gasteiger partial charge is 0.313 e. The Morgan fingerprint density at radius 2 is 2.00 bits per heavy atom. The summed E-state index contributed by atoms with van der Waals surface area (Å²) in [6, 6.07) is 3.59. The Bertz CT molecular complexity index is 380. The van der Waals surface area contributed by atoms with E-state index in [1.165, 1.54) is 6.07 Å². The quantitative estimate of drug-likeness (QED) is 0.848. The first-order valence-electron chi connectivity index (χ1n) is 5.82. The third-order valence-corrected chi connectivity index (χ3v) is 3.06. The number of likely N-dealkylation sites (N-methyl/N-ethyl adjacent to an activating group) is 1.